The van der Waals surface area contributed by atoms with Crippen LogP contribution in [0, 0.1) is 11.6 Å². The monoisotopic (exact) mass is 778 g/mol. The van der Waals surface area contributed by atoms with Crippen LogP contribution in [0.2, 0.25) is 0 Å². The van der Waals surface area contributed by atoms with E-state index in [1.54, 1.807) is 24.3 Å². The van der Waals surface area contributed by atoms with Crippen LogP contribution >= 0.6 is 0 Å². The molecule has 284 valence electrons. The van der Waals surface area contributed by atoms with Crippen LogP contribution in [0.15, 0.2) is 194 Å². The van der Waals surface area contributed by atoms with Gasteiger partial charge in [0.25, 0.3) is 0 Å². The maximum atomic E-state index is 13.9. The van der Waals surface area contributed by atoms with Gasteiger partial charge in [0.15, 0.2) is 34.9 Å². The molecule has 2 heterocycles. The molecule has 10 rings (SSSR count). The molecule has 0 unspecified atom stereocenters. The summed E-state index contributed by atoms with van der Waals surface area (Å²) in [7, 11) is 0. The van der Waals surface area contributed by atoms with E-state index in [-0.39, 0.29) is 11.6 Å². The van der Waals surface area contributed by atoms with Gasteiger partial charge in [-0.1, -0.05) is 127 Å². The first-order valence-electron chi connectivity index (χ1n) is 19.4. The first-order valence-corrected chi connectivity index (χ1v) is 19.4. The lowest BCUT2D eigenvalue weighted by molar-refractivity contribution is 0.627. The Bertz CT molecular complexity index is 3160. The molecule has 0 fully saturated rings. The number of benzene rings is 8. The van der Waals surface area contributed by atoms with Crippen LogP contribution in [-0.2, 0) is 0 Å². The van der Waals surface area contributed by atoms with Gasteiger partial charge in [-0.15, -0.1) is 0 Å². The molecule has 0 spiro atoms. The van der Waals surface area contributed by atoms with Gasteiger partial charge in [0.2, 0.25) is 0 Å². The lowest BCUT2D eigenvalue weighted by Gasteiger charge is -2.12. The fourth-order valence-electron chi connectivity index (χ4n) is 7.28. The van der Waals surface area contributed by atoms with Gasteiger partial charge in [-0.3, -0.25) is 0 Å². The Morgan fingerprint density at radius 2 is 0.600 bits per heavy atom. The predicted molar refractivity (Wildman–Crippen MR) is 234 cm³/mol. The molecule has 0 radical (unpaired) electrons. The van der Waals surface area contributed by atoms with Crippen LogP contribution in [0.5, 0.6) is 0 Å². The minimum Gasteiger partial charge on any atom is -0.208 e. The van der Waals surface area contributed by atoms with Crippen molar-refractivity contribution in [2.24, 2.45) is 0 Å². The number of halogens is 2. The van der Waals surface area contributed by atoms with E-state index >= 15 is 0 Å². The summed E-state index contributed by atoms with van der Waals surface area (Å²) in [6.45, 7) is 0. The summed E-state index contributed by atoms with van der Waals surface area (Å²) in [5.74, 6) is 2.39. The molecular weight excluding hydrogens is 747 g/mol. The molecule has 2 aromatic heterocycles. The van der Waals surface area contributed by atoms with E-state index in [0.717, 1.165) is 55.3 Å². The molecule has 0 aliphatic heterocycles. The van der Waals surface area contributed by atoms with Gasteiger partial charge in [-0.2, -0.15) is 0 Å². The van der Waals surface area contributed by atoms with E-state index in [1.165, 1.54) is 24.3 Å². The van der Waals surface area contributed by atoms with Crippen molar-refractivity contribution in [1.82, 2.24) is 29.9 Å². The van der Waals surface area contributed by atoms with Crippen LogP contribution in [0.25, 0.3) is 101 Å². The predicted octanol–water partition coefficient (Wildman–Crippen LogP) is 12.8. The molecule has 0 atom stereocenters. The summed E-state index contributed by atoms with van der Waals surface area (Å²) in [5.41, 5.74) is 8.90. The number of rotatable bonds is 8. The average Bonchev–Trinajstić information content (AvgIpc) is 3.32. The van der Waals surface area contributed by atoms with Gasteiger partial charge in [-0.05, 0) is 99.8 Å². The second-order valence-electron chi connectivity index (χ2n) is 14.3. The summed E-state index contributed by atoms with van der Waals surface area (Å²) < 4.78 is 27.7. The SMILES string of the molecule is Fc1ccc(-c2nc(-c3ccccc3)nc(-c3cccc(-c4ccc5c(-c6cccc(-c7nc(-c8ccccc8)nc(-c8ccc(F)cc8)n7)c6)cccc5c4)c3)n2)cc1. The standard InChI is InChI=1S/C52H32F2N6/c53-43-25-20-35(21-26-43)49-55-47(33-10-3-1-4-11-33)57-51(59-49)41-17-7-14-37(31-41)38-24-29-46-39(30-38)16-9-19-45(46)40-15-8-18-42(32-40)52-58-48(34-12-5-2-6-13-34)56-50(60-52)36-22-27-44(54)28-23-36/h1-32H. The second-order valence-corrected chi connectivity index (χ2v) is 14.3. The Balaban J connectivity index is 1.01. The molecule has 8 aromatic carbocycles. The number of aromatic nitrogens is 6. The molecule has 0 N–H and O–H groups in total. The molecule has 6 nitrogen and oxygen atoms in total. The highest BCUT2D eigenvalue weighted by atomic mass is 19.1. The lowest BCUT2D eigenvalue weighted by atomic mass is 9.94. The van der Waals surface area contributed by atoms with Gasteiger partial charge in [0.05, 0.1) is 0 Å². The highest BCUT2D eigenvalue weighted by Crippen LogP contribution is 2.35. The molecule has 10 aromatic rings. The fraction of sp³-hybridized carbons (Fsp3) is 0. The van der Waals surface area contributed by atoms with Crippen molar-refractivity contribution in [2.75, 3.05) is 0 Å². The quantitative estimate of drug-likeness (QED) is 0.153. The van der Waals surface area contributed by atoms with Crippen molar-refractivity contribution in [1.29, 1.82) is 0 Å². The maximum absolute atomic E-state index is 13.9. The van der Waals surface area contributed by atoms with Gasteiger partial charge in [0, 0.05) is 33.4 Å². The van der Waals surface area contributed by atoms with Crippen LogP contribution in [-0.4, -0.2) is 29.9 Å². The lowest BCUT2D eigenvalue weighted by Crippen LogP contribution is -2.00. The Morgan fingerprint density at radius 3 is 1.10 bits per heavy atom. The summed E-state index contributed by atoms with van der Waals surface area (Å²) in [6, 6.07) is 61.1. The zero-order chi connectivity index (χ0) is 40.4. The first kappa shape index (κ1) is 36.3. The number of hydrogen-bond acceptors (Lipinski definition) is 6. The van der Waals surface area contributed by atoms with Crippen LogP contribution < -0.4 is 0 Å². The van der Waals surface area contributed by atoms with E-state index in [2.05, 4.69) is 60.7 Å². The highest BCUT2D eigenvalue weighted by molar-refractivity contribution is 5.99. The molecule has 0 aliphatic carbocycles. The van der Waals surface area contributed by atoms with Gasteiger partial charge in [0.1, 0.15) is 11.6 Å². The Kier molecular flexibility index (Phi) is 9.48. The largest absolute Gasteiger partial charge is 0.208 e. The van der Waals surface area contributed by atoms with Crippen LogP contribution in [0.3, 0.4) is 0 Å². The number of hydrogen-bond donors (Lipinski definition) is 0. The van der Waals surface area contributed by atoms with Gasteiger partial charge >= 0.3 is 0 Å². The summed E-state index contributed by atoms with van der Waals surface area (Å²) in [4.78, 5) is 29.1. The van der Waals surface area contributed by atoms with Crippen LogP contribution in [0.1, 0.15) is 0 Å². The third kappa shape index (κ3) is 7.41. The van der Waals surface area contributed by atoms with E-state index in [9.17, 15) is 8.78 Å². The molecular formula is C52H32F2N6. The van der Waals surface area contributed by atoms with E-state index in [1.807, 2.05) is 84.9 Å². The third-order valence-electron chi connectivity index (χ3n) is 10.3. The fourth-order valence-corrected chi connectivity index (χ4v) is 7.28. The molecule has 60 heavy (non-hydrogen) atoms. The summed E-state index contributed by atoms with van der Waals surface area (Å²) >= 11 is 0. The molecule has 0 aliphatic rings. The molecule has 0 amide bonds. The maximum Gasteiger partial charge on any atom is 0.164 e. The van der Waals surface area contributed by atoms with Gasteiger partial charge < -0.3 is 0 Å². The minimum atomic E-state index is -0.324. The Labute approximate surface area is 344 Å². The Hall–Kier alpha value is -8.10. The third-order valence-corrected chi connectivity index (χ3v) is 10.3. The molecule has 0 bridgehead atoms. The van der Waals surface area contributed by atoms with Crippen LogP contribution in [0.4, 0.5) is 8.78 Å². The zero-order valence-electron chi connectivity index (χ0n) is 31.9. The van der Waals surface area contributed by atoms with Crippen molar-refractivity contribution in [3.05, 3.63) is 206 Å². The molecule has 8 heteroatoms. The normalized spacial score (nSPS) is 11.2. The smallest absolute Gasteiger partial charge is 0.164 e. The minimum absolute atomic E-state index is 0.324. The van der Waals surface area contributed by atoms with Crippen molar-refractivity contribution in [3.63, 3.8) is 0 Å². The van der Waals surface area contributed by atoms with Crippen molar-refractivity contribution in [3.8, 4) is 90.6 Å². The van der Waals surface area contributed by atoms with E-state index < -0.39 is 0 Å². The first-order chi connectivity index (χ1) is 29.5. The van der Waals surface area contributed by atoms with Gasteiger partial charge in [-0.25, -0.2) is 38.7 Å². The topological polar surface area (TPSA) is 77.3 Å². The number of fused-ring (bicyclic) bond motifs is 1. The van der Waals surface area contributed by atoms with Crippen molar-refractivity contribution in [2.45, 2.75) is 0 Å². The average molecular weight is 779 g/mol. The summed E-state index contributed by atoms with van der Waals surface area (Å²) in [6.07, 6.45) is 0. The van der Waals surface area contributed by atoms with E-state index in [0.29, 0.717) is 46.1 Å². The van der Waals surface area contributed by atoms with E-state index in [4.69, 9.17) is 29.9 Å². The second kappa shape index (κ2) is 15.7. The number of nitrogens with zero attached hydrogens (tertiary/aromatic N) is 6. The van der Waals surface area contributed by atoms with Crippen molar-refractivity contribution < 1.29 is 8.78 Å². The molecule has 0 saturated carbocycles. The zero-order valence-corrected chi connectivity index (χ0v) is 31.9. The Morgan fingerprint density at radius 1 is 0.250 bits per heavy atom. The van der Waals surface area contributed by atoms with Crippen molar-refractivity contribution >= 4 is 10.8 Å². The highest BCUT2D eigenvalue weighted by Gasteiger charge is 2.16. The molecule has 0 saturated heterocycles. The summed E-state index contributed by atoms with van der Waals surface area (Å²) in [5, 5.41) is 2.17.